The summed E-state index contributed by atoms with van der Waals surface area (Å²) in [5, 5.41) is 12.4. The molecule has 0 atom stereocenters. The van der Waals surface area contributed by atoms with Gasteiger partial charge in [0.15, 0.2) is 0 Å². The smallest absolute Gasteiger partial charge is 0.251 e. The highest BCUT2D eigenvalue weighted by Gasteiger charge is 2.33. The number of carbonyl (C=O) groups is 1. The van der Waals surface area contributed by atoms with E-state index in [4.69, 9.17) is 5.73 Å². The van der Waals surface area contributed by atoms with Crippen molar-refractivity contribution in [2.45, 2.75) is 32.6 Å². The topological polar surface area (TPSA) is 75.3 Å². The number of amides is 1. The molecule has 0 heterocycles. The maximum atomic E-state index is 12.1. The molecule has 0 saturated heterocycles. The van der Waals surface area contributed by atoms with Gasteiger partial charge in [-0.05, 0) is 37.5 Å². The second kappa shape index (κ2) is 5.61. The number of benzene rings is 1. The Morgan fingerprint density at radius 3 is 2.68 bits per heavy atom. The third-order valence-corrected chi connectivity index (χ3v) is 4.16. The molecule has 104 valence electrons. The van der Waals surface area contributed by atoms with Gasteiger partial charge in [-0.3, -0.25) is 4.79 Å². The molecular weight excluding hydrogens is 240 g/mol. The van der Waals surface area contributed by atoms with Crippen molar-refractivity contribution in [2.75, 3.05) is 18.9 Å². The van der Waals surface area contributed by atoms with Gasteiger partial charge in [0, 0.05) is 23.2 Å². The largest absolute Gasteiger partial charge is 0.398 e. The molecule has 0 spiro atoms. The maximum absolute atomic E-state index is 12.1. The number of rotatable bonds is 4. The Kier molecular flexibility index (Phi) is 4.10. The number of carbonyl (C=O) groups excluding carboxylic acids is 1. The van der Waals surface area contributed by atoms with Gasteiger partial charge in [0.1, 0.15) is 0 Å². The van der Waals surface area contributed by atoms with E-state index in [1.165, 1.54) is 0 Å². The summed E-state index contributed by atoms with van der Waals surface area (Å²) in [5.74, 6) is -0.119. The van der Waals surface area contributed by atoms with Crippen LogP contribution in [0.3, 0.4) is 0 Å². The van der Waals surface area contributed by atoms with Gasteiger partial charge in [0.05, 0.1) is 6.61 Å². The van der Waals surface area contributed by atoms with Crippen molar-refractivity contribution in [1.82, 2.24) is 5.32 Å². The summed E-state index contributed by atoms with van der Waals surface area (Å²) < 4.78 is 0. The monoisotopic (exact) mass is 262 g/mol. The first-order valence-electron chi connectivity index (χ1n) is 6.81. The lowest BCUT2D eigenvalue weighted by atomic mass is 9.87. The number of anilines is 1. The van der Waals surface area contributed by atoms with E-state index in [0.29, 0.717) is 17.8 Å². The Morgan fingerprint density at radius 2 is 2.11 bits per heavy atom. The van der Waals surface area contributed by atoms with Crippen molar-refractivity contribution in [2.24, 2.45) is 5.41 Å². The number of aliphatic hydroxyl groups excluding tert-OH is 1. The molecular formula is C15H22N2O2. The van der Waals surface area contributed by atoms with Gasteiger partial charge in [-0.25, -0.2) is 0 Å². The van der Waals surface area contributed by atoms with E-state index >= 15 is 0 Å². The zero-order chi connectivity index (χ0) is 13.9. The van der Waals surface area contributed by atoms with E-state index in [1.54, 1.807) is 12.1 Å². The molecule has 1 amide bonds. The second-order valence-electron chi connectivity index (χ2n) is 5.62. The molecule has 4 N–H and O–H groups in total. The lowest BCUT2D eigenvalue weighted by molar-refractivity contribution is 0.0880. The van der Waals surface area contributed by atoms with Crippen LogP contribution in [0.15, 0.2) is 18.2 Å². The van der Waals surface area contributed by atoms with Crippen molar-refractivity contribution in [3.05, 3.63) is 29.3 Å². The molecule has 0 unspecified atom stereocenters. The summed E-state index contributed by atoms with van der Waals surface area (Å²) in [6, 6.07) is 5.33. The number of hydrogen-bond donors (Lipinski definition) is 3. The van der Waals surface area contributed by atoms with E-state index in [9.17, 15) is 9.90 Å². The van der Waals surface area contributed by atoms with Crippen LogP contribution < -0.4 is 11.1 Å². The second-order valence-corrected chi connectivity index (χ2v) is 5.62. The summed E-state index contributed by atoms with van der Waals surface area (Å²) >= 11 is 0. The molecule has 1 saturated carbocycles. The highest BCUT2D eigenvalue weighted by atomic mass is 16.3. The highest BCUT2D eigenvalue weighted by molar-refractivity contribution is 5.95. The lowest BCUT2D eigenvalue weighted by Crippen LogP contribution is -2.38. The standard InChI is InChI=1S/C15H22N2O2/c1-11-4-5-12(8-13(11)16)14(19)17-9-15(10-18)6-2-3-7-15/h4-5,8,18H,2-3,6-7,9-10,16H2,1H3,(H,17,19). The molecule has 1 aliphatic rings. The molecule has 2 rings (SSSR count). The first kappa shape index (κ1) is 13.9. The lowest BCUT2D eigenvalue weighted by Gasteiger charge is -2.26. The zero-order valence-corrected chi connectivity index (χ0v) is 11.4. The van der Waals surface area contributed by atoms with Crippen molar-refractivity contribution < 1.29 is 9.90 Å². The Bertz CT molecular complexity index is 465. The summed E-state index contributed by atoms with van der Waals surface area (Å²) in [7, 11) is 0. The average Bonchev–Trinajstić information content (AvgIpc) is 2.89. The molecule has 4 heteroatoms. The predicted octanol–water partition coefficient (Wildman–Crippen LogP) is 1.86. The number of nitrogen functional groups attached to an aromatic ring is 1. The minimum atomic E-state index is -0.119. The van der Waals surface area contributed by atoms with Crippen molar-refractivity contribution >= 4 is 11.6 Å². The van der Waals surface area contributed by atoms with Crippen molar-refractivity contribution in [3.63, 3.8) is 0 Å². The Morgan fingerprint density at radius 1 is 1.42 bits per heavy atom. The van der Waals surface area contributed by atoms with Gasteiger partial charge < -0.3 is 16.2 Å². The van der Waals surface area contributed by atoms with E-state index in [2.05, 4.69) is 5.32 Å². The molecule has 1 fully saturated rings. The molecule has 19 heavy (non-hydrogen) atoms. The van der Waals surface area contributed by atoms with Crippen LogP contribution in [0, 0.1) is 12.3 Å². The van der Waals surface area contributed by atoms with Gasteiger partial charge in [0.25, 0.3) is 5.91 Å². The highest BCUT2D eigenvalue weighted by Crippen LogP contribution is 2.36. The number of aryl methyl sites for hydroxylation is 1. The van der Waals surface area contributed by atoms with Gasteiger partial charge >= 0.3 is 0 Å². The van der Waals surface area contributed by atoms with Gasteiger partial charge in [-0.2, -0.15) is 0 Å². The zero-order valence-electron chi connectivity index (χ0n) is 11.4. The van der Waals surface area contributed by atoms with Crippen LogP contribution in [-0.2, 0) is 0 Å². The normalized spacial score (nSPS) is 17.4. The molecule has 0 aromatic heterocycles. The third kappa shape index (κ3) is 3.07. The molecule has 1 aliphatic carbocycles. The first-order valence-corrected chi connectivity index (χ1v) is 6.81. The number of nitrogens with one attached hydrogen (secondary N) is 1. The summed E-state index contributed by atoms with van der Waals surface area (Å²) in [6.07, 6.45) is 4.24. The molecule has 4 nitrogen and oxygen atoms in total. The Hall–Kier alpha value is -1.55. The van der Waals surface area contributed by atoms with E-state index < -0.39 is 0 Å². The van der Waals surface area contributed by atoms with Crippen LogP contribution in [0.2, 0.25) is 0 Å². The van der Waals surface area contributed by atoms with Crippen molar-refractivity contribution in [1.29, 1.82) is 0 Å². The van der Waals surface area contributed by atoms with Crippen molar-refractivity contribution in [3.8, 4) is 0 Å². The van der Waals surface area contributed by atoms with E-state index in [1.807, 2.05) is 13.0 Å². The van der Waals surface area contributed by atoms with Crippen LogP contribution in [0.5, 0.6) is 0 Å². The van der Waals surface area contributed by atoms with E-state index in [-0.39, 0.29) is 17.9 Å². The fourth-order valence-electron chi connectivity index (χ4n) is 2.67. The fourth-order valence-corrected chi connectivity index (χ4v) is 2.67. The molecule has 0 bridgehead atoms. The SMILES string of the molecule is Cc1ccc(C(=O)NCC2(CO)CCCC2)cc1N. The predicted molar refractivity (Wildman–Crippen MR) is 75.9 cm³/mol. The van der Waals surface area contributed by atoms with Gasteiger partial charge in [-0.1, -0.05) is 18.9 Å². The van der Waals surface area contributed by atoms with E-state index in [0.717, 1.165) is 31.2 Å². The third-order valence-electron chi connectivity index (χ3n) is 4.16. The molecule has 0 radical (unpaired) electrons. The number of aliphatic hydroxyl groups is 1. The Labute approximate surface area is 114 Å². The molecule has 0 aliphatic heterocycles. The summed E-state index contributed by atoms with van der Waals surface area (Å²) in [5.41, 5.74) is 7.87. The minimum Gasteiger partial charge on any atom is -0.398 e. The number of nitrogens with two attached hydrogens (primary N) is 1. The Balaban J connectivity index is 1.99. The van der Waals surface area contributed by atoms with Gasteiger partial charge in [-0.15, -0.1) is 0 Å². The average molecular weight is 262 g/mol. The van der Waals surface area contributed by atoms with Crippen LogP contribution in [0.4, 0.5) is 5.69 Å². The quantitative estimate of drug-likeness (QED) is 0.725. The first-order chi connectivity index (χ1) is 9.06. The fraction of sp³-hybridized carbons (Fsp3) is 0.533. The summed E-state index contributed by atoms with van der Waals surface area (Å²) in [4.78, 5) is 12.1. The van der Waals surface area contributed by atoms with Crippen LogP contribution in [-0.4, -0.2) is 24.2 Å². The molecule has 1 aromatic rings. The van der Waals surface area contributed by atoms with Crippen LogP contribution >= 0.6 is 0 Å². The van der Waals surface area contributed by atoms with Gasteiger partial charge in [0.2, 0.25) is 0 Å². The maximum Gasteiger partial charge on any atom is 0.251 e. The number of hydrogen-bond acceptors (Lipinski definition) is 3. The minimum absolute atomic E-state index is 0.119. The van der Waals surface area contributed by atoms with Crippen LogP contribution in [0.1, 0.15) is 41.6 Å². The van der Waals surface area contributed by atoms with Crippen LogP contribution in [0.25, 0.3) is 0 Å². The molecule has 1 aromatic carbocycles. The summed E-state index contributed by atoms with van der Waals surface area (Å²) in [6.45, 7) is 2.59.